The van der Waals surface area contributed by atoms with Gasteiger partial charge in [0.1, 0.15) is 5.75 Å². The summed E-state index contributed by atoms with van der Waals surface area (Å²) in [5.74, 6) is 1.30. The van der Waals surface area contributed by atoms with Gasteiger partial charge in [0.25, 0.3) is 0 Å². The van der Waals surface area contributed by atoms with Crippen molar-refractivity contribution in [2.45, 2.75) is 51.6 Å². The molecule has 1 aromatic rings. The third-order valence-corrected chi connectivity index (χ3v) is 4.67. The van der Waals surface area contributed by atoms with E-state index in [-0.39, 0.29) is 36.3 Å². The van der Waals surface area contributed by atoms with Crippen LogP contribution in [0.5, 0.6) is 5.75 Å². The van der Waals surface area contributed by atoms with Crippen LogP contribution < -0.4 is 15.8 Å². The third kappa shape index (κ3) is 5.54. The lowest BCUT2D eigenvalue weighted by Crippen LogP contribution is -2.34. The molecule has 0 aromatic heterocycles. The Labute approximate surface area is 155 Å². The normalized spacial score (nSPS) is 21.2. The maximum Gasteiger partial charge on any atom is 0.223 e. The second kappa shape index (κ2) is 9.50. The molecule has 1 aliphatic carbocycles. The molecule has 136 valence electrons. The standard InChI is InChI=1S/C18H27ClN2O2.ClH/c1-11(2)8-16(15-10-13(19)5-7-17(15)23-3)21-18(22)12-4-6-14(20)9-12;/h5,7,10-12,14,16H,4,6,8-9,20H2,1-3H3,(H,21,22);1H. The van der Waals surface area contributed by atoms with E-state index in [9.17, 15) is 4.79 Å². The lowest BCUT2D eigenvalue weighted by molar-refractivity contribution is -0.125. The lowest BCUT2D eigenvalue weighted by Gasteiger charge is -2.25. The molecule has 4 nitrogen and oxygen atoms in total. The molecular weight excluding hydrogens is 347 g/mol. The molecule has 1 fully saturated rings. The highest BCUT2D eigenvalue weighted by Crippen LogP contribution is 2.33. The maximum absolute atomic E-state index is 12.6. The van der Waals surface area contributed by atoms with E-state index in [1.54, 1.807) is 13.2 Å². The number of nitrogens with one attached hydrogen (secondary N) is 1. The summed E-state index contributed by atoms with van der Waals surface area (Å²) in [4.78, 5) is 12.6. The summed E-state index contributed by atoms with van der Waals surface area (Å²) >= 11 is 6.15. The number of carbonyl (C=O) groups is 1. The van der Waals surface area contributed by atoms with Crippen LogP contribution in [0.4, 0.5) is 0 Å². The van der Waals surface area contributed by atoms with Gasteiger partial charge in [0.05, 0.1) is 13.2 Å². The van der Waals surface area contributed by atoms with Crippen LogP contribution in [0.1, 0.15) is 51.1 Å². The van der Waals surface area contributed by atoms with E-state index in [4.69, 9.17) is 22.1 Å². The van der Waals surface area contributed by atoms with Crippen molar-refractivity contribution in [1.82, 2.24) is 5.32 Å². The van der Waals surface area contributed by atoms with Crippen LogP contribution in [0.15, 0.2) is 18.2 Å². The Kier molecular flexibility index (Phi) is 8.34. The van der Waals surface area contributed by atoms with E-state index in [0.717, 1.165) is 37.0 Å². The van der Waals surface area contributed by atoms with Gasteiger partial charge in [-0.1, -0.05) is 25.4 Å². The van der Waals surface area contributed by atoms with Crippen LogP contribution in [0, 0.1) is 11.8 Å². The fraction of sp³-hybridized carbons (Fsp3) is 0.611. The monoisotopic (exact) mass is 374 g/mol. The van der Waals surface area contributed by atoms with Gasteiger partial charge in [-0.05, 0) is 49.8 Å². The molecule has 1 aliphatic rings. The number of hydrogen-bond donors (Lipinski definition) is 2. The van der Waals surface area contributed by atoms with Gasteiger partial charge in [-0.2, -0.15) is 0 Å². The molecule has 3 atom stereocenters. The highest BCUT2D eigenvalue weighted by atomic mass is 35.5. The minimum atomic E-state index is -0.104. The number of benzene rings is 1. The average molecular weight is 375 g/mol. The smallest absolute Gasteiger partial charge is 0.223 e. The quantitative estimate of drug-likeness (QED) is 0.787. The zero-order valence-corrected chi connectivity index (χ0v) is 16.1. The number of carbonyl (C=O) groups excluding carboxylic acids is 1. The summed E-state index contributed by atoms with van der Waals surface area (Å²) in [7, 11) is 1.64. The van der Waals surface area contributed by atoms with Crippen LogP contribution in [0.3, 0.4) is 0 Å². The van der Waals surface area contributed by atoms with Gasteiger partial charge in [0.15, 0.2) is 0 Å². The number of halogens is 2. The Hall–Kier alpha value is -0.970. The molecule has 1 aromatic carbocycles. The Balaban J connectivity index is 0.00000288. The average Bonchev–Trinajstić information content (AvgIpc) is 2.92. The van der Waals surface area contributed by atoms with Crippen LogP contribution >= 0.6 is 24.0 Å². The lowest BCUT2D eigenvalue weighted by atomic mass is 9.95. The molecule has 0 spiro atoms. The Morgan fingerprint density at radius 3 is 2.67 bits per heavy atom. The predicted octanol–water partition coefficient (Wildman–Crippen LogP) is 4.10. The zero-order valence-electron chi connectivity index (χ0n) is 14.5. The highest BCUT2D eigenvalue weighted by molar-refractivity contribution is 6.30. The van der Waals surface area contributed by atoms with Crippen molar-refractivity contribution < 1.29 is 9.53 Å². The second-order valence-electron chi connectivity index (χ2n) is 6.85. The zero-order chi connectivity index (χ0) is 17.0. The minimum Gasteiger partial charge on any atom is -0.496 e. The van der Waals surface area contributed by atoms with Crippen molar-refractivity contribution in [3.63, 3.8) is 0 Å². The largest absolute Gasteiger partial charge is 0.496 e. The van der Waals surface area contributed by atoms with Crippen molar-refractivity contribution in [3.05, 3.63) is 28.8 Å². The first-order valence-electron chi connectivity index (χ1n) is 8.30. The Bertz CT molecular complexity index is 552. The summed E-state index contributed by atoms with van der Waals surface area (Å²) < 4.78 is 5.46. The third-order valence-electron chi connectivity index (χ3n) is 4.43. The fourth-order valence-electron chi connectivity index (χ4n) is 3.26. The van der Waals surface area contributed by atoms with Crippen LogP contribution in [-0.4, -0.2) is 19.1 Å². The summed E-state index contributed by atoms with van der Waals surface area (Å²) in [6, 6.07) is 5.58. The van der Waals surface area contributed by atoms with Crippen molar-refractivity contribution in [3.8, 4) is 5.75 Å². The summed E-state index contributed by atoms with van der Waals surface area (Å²) in [5, 5.41) is 3.84. The molecule has 0 saturated heterocycles. The van der Waals surface area contributed by atoms with Crippen LogP contribution in [0.2, 0.25) is 5.02 Å². The molecule has 1 amide bonds. The number of ether oxygens (including phenoxy) is 1. The molecule has 24 heavy (non-hydrogen) atoms. The number of rotatable bonds is 6. The number of amides is 1. The maximum atomic E-state index is 12.6. The van der Waals surface area contributed by atoms with Gasteiger partial charge >= 0.3 is 0 Å². The van der Waals surface area contributed by atoms with E-state index >= 15 is 0 Å². The molecule has 0 radical (unpaired) electrons. The van der Waals surface area contributed by atoms with Crippen molar-refractivity contribution in [2.24, 2.45) is 17.6 Å². The molecular formula is C18H28Cl2N2O2. The molecule has 3 N–H and O–H groups in total. The molecule has 0 bridgehead atoms. The summed E-state index contributed by atoms with van der Waals surface area (Å²) in [6.45, 7) is 4.28. The SMILES string of the molecule is COc1ccc(Cl)cc1C(CC(C)C)NC(=O)C1CCC(N)C1.Cl. The molecule has 1 saturated carbocycles. The summed E-state index contributed by atoms with van der Waals surface area (Å²) in [5.41, 5.74) is 6.87. The number of methoxy groups -OCH3 is 1. The Morgan fingerprint density at radius 2 is 2.12 bits per heavy atom. The van der Waals surface area contributed by atoms with E-state index in [1.165, 1.54) is 0 Å². The summed E-state index contributed by atoms with van der Waals surface area (Å²) in [6.07, 6.45) is 3.40. The second-order valence-corrected chi connectivity index (χ2v) is 7.28. The minimum absolute atomic E-state index is 0. The first-order chi connectivity index (χ1) is 10.9. The van der Waals surface area contributed by atoms with E-state index in [2.05, 4.69) is 19.2 Å². The van der Waals surface area contributed by atoms with Gasteiger partial charge < -0.3 is 15.8 Å². The van der Waals surface area contributed by atoms with E-state index < -0.39 is 0 Å². The molecule has 2 rings (SSSR count). The highest BCUT2D eigenvalue weighted by Gasteiger charge is 2.30. The Morgan fingerprint density at radius 1 is 1.42 bits per heavy atom. The van der Waals surface area contributed by atoms with E-state index in [1.807, 2.05) is 12.1 Å². The predicted molar refractivity (Wildman–Crippen MR) is 101 cm³/mol. The van der Waals surface area contributed by atoms with Gasteiger partial charge in [-0.15, -0.1) is 12.4 Å². The van der Waals surface area contributed by atoms with Crippen LogP contribution in [-0.2, 0) is 4.79 Å². The fourth-order valence-corrected chi connectivity index (χ4v) is 3.44. The van der Waals surface area contributed by atoms with Gasteiger partial charge in [-0.3, -0.25) is 4.79 Å². The number of nitrogens with two attached hydrogens (primary N) is 1. The molecule has 3 unspecified atom stereocenters. The van der Waals surface area contributed by atoms with Gasteiger partial charge in [0.2, 0.25) is 5.91 Å². The first kappa shape index (κ1) is 21.1. The van der Waals surface area contributed by atoms with Crippen molar-refractivity contribution in [2.75, 3.05) is 7.11 Å². The first-order valence-corrected chi connectivity index (χ1v) is 8.68. The van der Waals surface area contributed by atoms with Gasteiger partial charge in [-0.25, -0.2) is 0 Å². The van der Waals surface area contributed by atoms with Gasteiger partial charge in [0, 0.05) is 22.5 Å². The van der Waals surface area contributed by atoms with Crippen molar-refractivity contribution >= 4 is 29.9 Å². The molecule has 0 heterocycles. The van der Waals surface area contributed by atoms with E-state index in [0.29, 0.717) is 10.9 Å². The molecule has 6 heteroatoms. The number of hydrogen-bond acceptors (Lipinski definition) is 3. The topological polar surface area (TPSA) is 64.3 Å². The molecule has 0 aliphatic heterocycles. The van der Waals surface area contributed by atoms with Crippen LogP contribution in [0.25, 0.3) is 0 Å². The van der Waals surface area contributed by atoms with Crippen molar-refractivity contribution in [1.29, 1.82) is 0 Å².